The predicted octanol–water partition coefficient (Wildman–Crippen LogP) is 3.02. The van der Waals surface area contributed by atoms with E-state index in [9.17, 15) is 4.79 Å². The van der Waals surface area contributed by atoms with Crippen LogP contribution in [0.3, 0.4) is 0 Å². The molecule has 0 fully saturated rings. The van der Waals surface area contributed by atoms with Gasteiger partial charge in [0.2, 0.25) is 0 Å². The molecule has 0 aliphatic heterocycles. The third-order valence-corrected chi connectivity index (χ3v) is 4.47. The molecule has 0 bridgehead atoms. The van der Waals surface area contributed by atoms with E-state index in [1.165, 1.54) is 0 Å². The lowest BCUT2D eigenvalue weighted by Gasteiger charge is -2.16. The maximum absolute atomic E-state index is 10.9. The highest BCUT2D eigenvalue weighted by Crippen LogP contribution is 2.15. The molecule has 5 nitrogen and oxygen atoms in total. The van der Waals surface area contributed by atoms with Gasteiger partial charge in [-0.05, 0) is 6.04 Å². The second kappa shape index (κ2) is 6.34. The fourth-order valence-corrected chi connectivity index (χ4v) is 2.40. The Morgan fingerprint density at radius 1 is 1.47 bits per heavy atom. The Bertz CT molecular complexity index is 436. The number of nitrogens with zero attached hydrogens (tertiary/aromatic N) is 2. The zero-order chi connectivity index (χ0) is 14.6. The largest absolute Gasteiger partial charge is 0.476 e. The first-order valence-electron chi connectivity index (χ1n) is 6.59. The zero-order valence-electron chi connectivity index (χ0n) is 12.4. The number of imidazole rings is 1. The molecule has 0 aliphatic carbocycles. The third kappa shape index (κ3) is 5.16. The van der Waals surface area contributed by atoms with E-state index in [-0.39, 0.29) is 11.6 Å². The summed E-state index contributed by atoms with van der Waals surface area (Å²) in [4.78, 5) is 15.1. The molecule has 0 radical (unpaired) electrons. The Morgan fingerprint density at radius 2 is 2.11 bits per heavy atom. The van der Waals surface area contributed by atoms with Gasteiger partial charge in [0.15, 0.2) is 5.69 Å². The van der Waals surface area contributed by atoms with Gasteiger partial charge in [-0.1, -0.05) is 33.5 Å². The molecule has 19 heavy (non-hydrogen) atoms. The van der Waals surface area contributed by atoms with Crippen molar-refractivity contribution < 1.29 is 14.6 Å². The van der Waals surface area contributed by atoms with Gasteiger partial charge in [-0.2, -0.15) is 0 Å². The molecule has 1 aromatic rings. The fraction of sp³-hybridized carbons (Fsp3) is 0.692. The fourth-order valence-electron chi connectivity index (χ4n) is 1.64. The van der Waals surface area contributed by atoms with E-state index < -0.39 is 14.0 Å². The van der Waals surface area contributed by atoms with Crippen molar-refractivity contribution in [2.24, 2.45) is 0 Å². The van der Waals surface area contributed by atoms with Gasteiger partial charge in [-0.15, -0.1) is 0 Å². The number of carboxylic acid groups (broad SMARTS) is 1. The molecule has 1 heterocycles. The van der Waals surface area contributed by atoms with Crippen molar-refractivity contribution in [3.8, 4) is 0 Å². The van der Waals surface area contributed by atoms with E-state index in [0.29, 0.717) is 13.3 Å². The van der Waals surface area contributed by atoms with Crippen LogP contribution in [0.2, 0.25) is 25.7 Å². The summed E-state index contributed by atoms with van der Waals surface area (Å²) in [6.45, 7) is 12.0. The van der Waals surface area contributed by atoms with E-state index in [0.717, 1.165) is 11.9 Å². The van der Waals surface area contributed by atoms with E-state index in [2.05, 4.69) is 24.6 Å². The Kier molecular flexibility index (Phi) is 5.31. The Labute approximate surface area is 115 Å². The van der Waals surface area contributed by atoms with Gasteiger partial charge in [0.25, 0.3) is 0 Å². The SMILES string of the molecule is CC(C)c1nc(C(=O)O)cn1COCC[Si](C)(C)C. The zero-order valence-corrected chi connectivity index (χ0v) is 13.4. The van der Waals surface area contributed by atoms with Crippen LogP contribution in [0, 0.1) is 0 Å². The summed E-state index contributed by atoms with van der Waals surface area (Å²) >= 11 is 0. The third-order valence-electron chi connectivity index (χ3n) is 2.77. The lowest BCUT2D eigenvalue weighted by molar-refractivity contribution is 0.0689. The molecule has 0 saturated heterocycles. The Hall–Kier alpha value is -1.14. The van der Waals surface area contributed by atoms with Gasteiger partial charge in [0.1, 0.15) is 12.6 Å². The molecular weight excluding hydrogens is 260 g/mol. The Balaban J connectivity index is 2.64. The number of carboxylic acids is 1. The van der Waals surface area contributed by atoms with Crippen molar-refractivity contribution in [3.63, 3.8) is 0 Å². The van der Waals surface area contributed by atoms with Gasteiger partial charge in [0, 0.05) is 26.8 Å². The van der Waals surface area contributed by atoms with Crippen molar-refractivity contribution in [2.75, 3.05) is 6.61 Å². The number of rotatable bonds is 7. The molecule has 0 saturated carbocycles. The molecule has 6 heteroatoms. The highest BCUT2D eigenvalue weighted by atomic mass is 28.3. The molecule has 0 aliphatic rings. The van der Waals surface area contributed by atoms with Crippen LogP contribution < -0.4 is 0 Å². The van der Waals surface area contributed by atoms with Crippen molar-refractivity contribution in [2.45, 2.75) is 52.2 Å². The summed E-state index contributed by atoms with van der Waals surface area (Å²) in [5.74, 6) is -0.0677. The quantitative estimate of drug-likeness (QED) is 0.617. The molecule has 1 N–H and O–H groups in total. The average Bonchev–Trinajstić information content (AvgIpc) is 2.67. The highest BCUT2D eigenvalue weighted by molar-refractivity contribution is 6.76. The van der Waals surface area contributed by atoms with Crippen LogP contribution >= 0.6 is 0 Å². The van der Waals surface area contributed by atoms with E-state index in [1.807, 2.05) is 13.8 Å². The number of aromatic carboxylic acids is 1. The van der Waals surface area contributed by atoms with E-state index in [1.54, 1.807) is 10.8 Å². The summed E-state index contributed by atoms with van der Waals surface area (Å²) in [6.07, 6.45) is 1.55. The highest BCUT2D eigenvalue weighted by Gasteiger charge is 2.16. The molecule has 0 amide bonds. The number of aromatic nitrogens is 2. The van der Waals surface area contributed by atoms with Crippen LogP contribution in [0.15, 0.2) is 6.20 Å². The molecule has 1 aromatic heterocycles. The monoisotopic (exact) mass is 284 g/mol. The minimum Gasteiger partial charge on any atom is -0.476 e. The van der Waals surface area contributed by atoms with Crippen LogP contribution in [0.25, 0.3) is 0 Å². The first kappa shape index (κ1) is 15.9. The van der Waals surface area contributed by atoms with Crippen molar-refractivity contribution in [3.05, 3.63) is 17.7 Å². The summed E-state index contributed by atoms with van der Waals surface area (Å²) < 4.78 is 7.43. The molecule has 0 aromatic carbocycles. The molecule has 0 atom stereocenters. The Morgan fingerprint density at radius 3 is 2.58 bits per heavy atom. The normalized spacial score (nSPS) is 12.1. The molecule has 0 spiro atoms. The van der Waals surface area contributed by atoms with Crippen LogP contribution in [-0.2, 0) is 11.5 Å². The first-order chi connectivity index (χ1) is 8.70. The summed E-state index contributed by atoms with van der Waals surface area (Å²) in [7, 11) is -1.09. The second-order valence-corrected chi connectivity index (χ2v) is 11.9. The molecule has 0 unspecified atom stereocenters. The lowest BCUT2D eigenvalue weighted by Crippen LogP contribution is -2.22. The summed E-state index contributed by atoms with van der Waals surface area (Å²) in [5.41, 5.74) is 0.0810. The van der Waals surface area contributed by atoms with Crippen molar-refractivity contribution in [1.82, 2.24) is 9.55 Å². The maximum Gasteiger partial charge on any atom is 0.356 e. The first-order valence-corrected chi connectivity index (χ1v) is 10.3. The van der Waals surface area contributed by atoms with Gasteiger partial charge in [-0.25, -0.2) is 9.78 Å². The number of ether oxygens (including phenoxy) is 1. The summed E-state index contributed by atoms with van der Waals surface area (Å²) in [6, 6.07) is 1.10. The van der Waals surface area contributed by atoms with Gasteiger partial charge < -0.3 is 14.4 Å². The second-order valence-electron chi connectivity index (χ2n) is 6.26. The van der Waals surface area contributed by atoms with Crippen LogP contribution in [0.4, 0.5) is 0 Å². The van der Waals surface area contributed by atoms with Gasteiger partial charge in [0.05, 0.1) is 0 Å². The minimum atomic E-state index is -1.09. The van der Waals surface area contributed by atoms with Gasteiger partial charge in [-0.3, -0.25) is 0 Å². The van der Waals surface area contributed by atoms with Gasteiger partial charge >= 0.3 is 5.97 Å². The topological polar surface area (TPSA) is 64.3 Å². The standard InChI is InChI=1S/C13H24N2O3Si/c1-10(2)12-14-11(13(16)17)8-15(12)9-18-6-7-19(3,4)5/h8,10H,6-7,9H2,1-5H3,(H,16,17). The van der Waals surface area contributed by atoms with E-state index in [4.69, 9.17) is 9.84 Å². The van der Waals surface area contributed by atoms with Crippen LogP contribution in [0.1, 0.15) is 36.1 Å². The van der Waals surface area contributed by atoms with E-state index >= 15 is 0 Å². The molecule has 108 valence electrons. The number of hydrogen-bond acceptors (Lipinski definition) is 3. The lowest BCUT2D eigenvalue weighted by atomic mass is 10.2. The smallest absolute Gasteiger partial charge is 0.356 e. The van der Waals surface area contributed by atoms with Crippen molar-refractivity contribution >= 4 is 14.0 Å². The minimum absolute atomic E-state index is 0.0810. The van der Waals surface area contributed by atoms with Crippen LogP contribution in [0.5, 0.6) is 0 Å². The molecular formula is C13H24N2O3Si. The summed E-state index contributed by atoms with van der Waals surface area (Å²) in [5, 5.41) is 8.97. The average molecular weight is 284 g/mol. The maximum atomic E-state index is 10.9. The number of hydrogen-bond donors (Lipinski definition) is 1. The van der Waals surface area contributed by atoms with Crippen LogP contribution in [-0.4, -0.2) is 35.3 Å². The van der Waals surface area contributed by atoms with Crippen molar-refractivity contribution in [1.29, 1.82) is 0 Å². The predicted molar refractivity (Wildman–Crippen MR) is 77.4 cm³/mol. The number of carbonyl (C=O) groups is 1. The molecule has 1 rings (SSSR count).